The highest BCUT2D eigenvalue weighted by Gasteiger charge is 2.19. The summed E-state index contributed by atoms with van der Waals surface area (Å²) in [4.78, 5) is 12.5. The minimum atomic E-state index is -0.494. The molecule has 28 heavy (non-hydrogen) atoms. The fourth-order valence-electron chi connectivity index (χ4n) is 2.85. The van der Waals surface area contributed by atoms with Gasteiger partial charge in [0, 0.05) is 17.6 Å². The smallest absolute Gasteiger partial charge is 0.322 e. The van der Waals surface area contributed by atoms with Gasteiger partial charge < -0.3 is 13.6 Å². The van der Waals surface area contributed by atoms with Crippen molar-refractivity contribution in [1.82, 2.24) is 20.0 Å². The van der Waals surface area contributed by atoms with Gasteiger partial charge in [0.05, 0.1) is 6.61 Å². The molecule has 0 spiro atoms. The molecule has 0 bridgehead atoms. The van der Waals surface area contributed by atoms with E-state index in [1.807, 2.05) is 32.9 Å². The number of ether oxygens (including phenoxy) is 1. The molecule has 4 aromatic rings. The average Bonchev–Trinajstić information content (AvgIpc) is 3.40. The van der Waals surface area contributed by atoms with Crippen LogP contribution in [0.25, 0.3) is 22.6 Å². The molecule has 1 aromatic carbocycles. The highest BCUT2D eigenvalue weighted by Crippen LogP contribution is 2.29. The molecule has 0 saturated heterocycles. The van der Waals surface area contributed by atoms with Gasteiger partial charge in [0.25, 0.3) is 11.8 Å². The molecule has 9 nitrogen and oxygen atoms in total. The van der Waals surface area contributed by atoms with E-state index < -0.39 is 5.91 Å². The first-order chi connectivity index (χ1) is 13.6. The Morgan fingerprint density at radius 1 is 1.25 bits per heavy atom. The summed E-state index contributed by atoms with van der Waals surface area (Å²) >= 11 is 0. The van der Waals surface area contributed by atoms with Crippen LogP contribution in [0.15, 0.2) is 45.4 Å². The van der Waals surface area contributed by atoms with E-state index in [4.69, 9.17) is 13.6 Å². The van der Waals surface area contributed by atoms with Crippen LogP contribution in [0, 0.1) is 0 Å². The van der Waals surface area contributed by atoms with Gasteiger partial charge in [0.2, 0.25) is 0 Å². The molecule has 0 aliphatic heterocycles. The number of aromatic nitrogens is 4. The van der Waals surface area contributed by atoms with Gasteiger partial charge in [-0.15, -0.1) is 5.10 Å². The minimum absolute atomic E-state index is 0.0259. The lowest BCUT2D eigenvalue weighted by atomic mass is 10.2. The van der Waals surface area contributed by atoms with Crippen LogP contribution in [-0.2, 0) is 0 Å². The molecule has 4 rings (SSSR count). The predicted octanol–water partition coefficient (Wildman–Crippen LogP) is 3.91. The summed E-state index contributed by atoms with van der Waals surface area (Å²) < 4.78 is 18.5. The number of benzene rings is 1. The van der Waals surface area contributed by atoms with Gasteiger partial charge in [-0.05, 0) is 39.0 Å². The van der Waals surface area contributed by atoms with E-state index in [0.717, 1.165) is 5.39 Å². The monoisotopic (exact) mass is 381 g/mol. The van der Waals surface area contributed by atoms with Crippen LogP contribution in [-0.4, -0.2) is 32.5 Å². The molecule has 0 saturated carbocycles. The zero-order chi connectivity index (χ0) is 19.7. The van der Waals surface area contributed by atoms with E-state index in [1.165, 1.54) is 0 Å². The van der Waals surface area contributed by atoms with Gasteiger partial charge in [-0.2, -0.15) is 5.10 Å². The third-order valence-corrected chi connectivity index (χ3v) is 4.06. The van der Waals surface area contributed by atoms with Crippen molar-refractivity contribution in [3.63, 3.8) is 0 Å². The number of nitrogens with zero attached hydrogens (tertiary/aromatic N) is 4. The van der Waals surface area contributed by atoms with Crippen molar-refractivity contribution in [2.75, 3.05) is 11.9 Å². The number of carbonyl (C=O) groups is 1. The van der Waals surface area contributed by atoms with Crippen LogP contribution in [0.4, 0.5) is 6.01 Å². The number of rotatable bonds is 6. The predicted molar refractivity (Wildman–Crippen MR) is 101 cm³/mol. The number of furan rings is 1. The number of amides is 1. The number of hydrogen-bond acceptors (Lipinski definition) is 7. The summed E-state index contributed by atoms with van der Waals surface area (Å²) in [6.45, 7) is 6.37. The first-order valence-corrected chi connectivity index (χ1v) is 8.91. The molecule has 144 valence electrons. The Morgan fingerprint density at radius 2 is 2.11 bits per heavy atom. The largest absolute Gasteiger partial charge is 0.490 e. The molecule has 0 radical (unpaired) electrons. The molecular weight excluding hydrogens is 362 g/mol. The SMILES string of the molecule is CCOc1cccc2cc(C(=O)Nc3nnc(-c4ccnn4C(C)C)o3)oc12. The molecule has 3 aromatic heterocycles. The maximum atomic E-state index is 12.5. The maximum Gasteiger partial charge on any atom is 0.322 e. The average molecular weight is 381 g/mol. The van der Waals surface area contributed by atoms with E-state index in [2.05, 4.69) is 20.6 Å². The van der Waals surface area contributed by atoms with Gasteiger partial charge in [-0.3, -0.25) is 14.8 Å². The van der Waals surface area contributed by atoms with Crippen molar-refractivity contribution in [2.24, 2.45) is 0 Å². The van der Waals surface area contributed by atoms with Crippen LogP contribution in [0.1, 0.15) is 37.4 Å². The summed E-state index contributed by atoms with van der Waals surface area (Å²) in [7, 11) is 0. The number of nitrogens with one attached hydrogen (secondary N) is 1. The lowest BCUT2D eigenvalue weighted by molar-refractivity contribution is 0.0995. The molecular formula is C19H19N5O4. The Balaban J connectivity index is 1.56. The van der Waals surface area contributed by atoms with Crippen LogP contribution >= 0.6 is 0 Å². The summed E-state index contributed by atoms with van der Waals surface area (Å²) in [5.74, 6) is 0.478. The number of fused-ring (bicyclic) bond motifs is 1. The lowest BCUT2D eigenvalue weighted by Gasteiger charge is -2.07. The molecule has 3 heterocycles. The second-order valence-corrected chi connectivity index (χ2v) is 6.34. The van der Waals surface area contributed by atoms with Gasteiger partial charge in [-0.25, -0.2) is 0 Å². The lowest BCUT2D eigenvalue weighted by Crippen LogP contribution is -2.11. The van der Waals surface area contributed by atoms with Crippen molar-refractivity contribution in [1.29, 1.82) is 0 Å². The Labute approximate surface area is 160 Å². The number of para-hydroxylation sites is 1. The Kier molecular flexibility index (Phi) is 4.56. The molecule has 9 heteroatoms. The van der Waals surface area contributed by atoms with Gasteiger partial charge in [-0.1, -0.05) is 17.2 Å². The van der Waals surface area contributed by atoms with Gasteiger partial charge in [0.1, 0.15) is 5.69 Å². The summed E-state index contributed by atoms with van der Waals surface area (Å²) in [5.41, 5.74) is 1.19. The van der Waals surface area contributed by atoms with E-state index >= 15 is 0 Å². The van der Waals surface area contributed by atoms with Crippen molar-refractivity contribution in [3.05, 3.63) is 42.3 Å². The fraction of sp³-hybridized carbons (Fsp3) is 0.263. The van der Waals surface area contributed by atoms with Crippen molar-refractivity contribution in [2.45, 2.75) is 26.8 Å². The van der Waals surface area contributed by atoms with Crippen LogP contribution < -0.4 is 10.1 Å². The van der Waals surface area contributed by atoms with Crippen molar-refractivity contribution >= 4 is 22.9 Å². The second-order valence-electron chi connectivity index (χ2n) is 6.34. The Morgan fingerprint density at radius 3 is 2.89 bits per heavy atom. The number of anilines is 1. The molecule has 0 unspecified atom stereocenters. The zero-order valence-electron chi connectivity index (χ0n) is 15.7. The summed E-state index contributed by atoms with van der Waals surface area (Å²) in [6.07, 6.45) is 1.65. The van der Waals surface area contributed by atoms with E-state index in [9.17, 15) is 4.79 Å². The van der Waals surface area contributed by atoms with Crippen LogP contribution in [0.5, 0.6) is 5.75 Å². The quantitative estimate of drug-likeness (QED) is 0.539. The third kappa shape index (κ3) is 3.22. The van der Waals surface area contributed by atoms with Crippen molar-refractivity contribution < 1.29 is 18.4 Å². The van der Waals surface area contributed by atoms with Crippen LogP contribution in [0.2, 0.25) is 0 Å². The highest BCUT2D eigenvalue weighted by atomic mass is 16.5. The van der Waals surface area contributed by atoms with E-state index in [1.54, 1.807) is 29.1 Å². The first kappa shape index (κ1) is 17.8. The molecule has 1 amide bonds. The molecule has 0 fully saturated rings. The molecule has 0 atom stereocenters. The zero-order valence-corrected chi connectivity index (χ0v) is 15.7. The highest BCUT2D eigenvalue weighted by molar-refractivity contribution is 6.04. The summed E-state index contributed by atoms with van der Waals surface area (Å²) in [5, 5.41) is 15.4. The second kappa shape index (κ2) is 7.18. The van der Waals surface area contributed by atoms with E-state index in [-0.39, 0.29) is 23.7 Å². The Hall–Kier alpha value is -3.62. The summed E-state index contributed by atoms with van der Waals surface area (Å²) in [6, 6.07) is 8.99. The van der Waals surface area contributed by atoms with Gasteiger partial charge >= 0.3 is 6.01 Å². The first-order valence-electron chi connectivity index (χ1n) is 8.91. The third-order valence-electron chi connectivity index (χ3n) is 4.06. The maximum absolute atomic E-state index is 12.5. The van der Waals surface area contributed by atoms with E-state index in [0.29, 0.717) is 23.6 Å². The van der Waals surface area contributed by atoms with Gasteiger partial charge in [0.15, 0.2) is 17.1 Å². The number of carbonyl (C=O) groups excluding carboxylic acids is 1. The standard InChI is InChI=1S/C19H19N5O4/c1-4-26-14-7-5-6-12-10-15(27-16(12)14)17(25)21-19-23-22-18(28-19)13-8-9-20-24(13)11(2)3/h5-11H,4H2,1-3H3,(H,21,23,25). The molecule has 1 N–H and O–H groups in total. The number of hydrogen-bond donors (Lipinski definition) is 1. The van der Waals surface area contributed by atoms with Crippen molar-refractivity contribution in [3.8, 4) is 17.3 Å². The topological polar surface area (TPSA) is 108 Å². The molecule has 0 aliphatic carbocycles. The minimum Gasteiger partial charge on any atom is -0.490 e. The normalized spacial score (nSPS) is 11.3. The Bertz CT molecular complexity index is 1120. The fourth-order valence-corrected chi connectivity index (χ4v) is 2.85. The molecule has 0 aliphatic rings. The van der Waals surface area contributed by atoms with Crippen LogP contribution in [0.3, 0.4) is 0 Å².